The summed E-state index contributed by atoms with van der Waals surface area (Å²) in [6.07, 6.45) is 0.952. The van der Waals surface area contributed by atoms with Gasteiger partial charge in [-0.3, -0.25) is 0 Å². The number of rotatable bonds is 7. The Labute approximate surface area is 166 Å². The van der Waals surface area contributed by atoms with E-state index in [4.69, 9.17) is 0 Å². The van der Waals surface area contributed by atoms with E-state index < -0.39 is 0 Å². The Hall–Kier alpha value is -2.60. The third-order valence-electron chi connectivity index (χ3n) is 4.93. The maximum atomic E-state index is 4.22. The van der Waals surface area contributed by atoms with Gasteiger partial charge in [-0.15, -0.1) is 0 Å². The number of hydrogen-bond donors (Lipinski definition) is 0. The molecular weight excluding hydrogens is 324 g/mol. The van der Waals surface area contributed by atoms with Gasteiger partial charge >= 0.3 is 0 Å². The molecule has 0 nitrogen and oxygen atoms in total. The lowest BCUT2D eigenvalue weighted by Crippen LogP contribution is -2.14. The summed E-state index contributed by atoms with van der Waals surface area (Å²) in [6.45, 7) is 24.7. The fourth-order valence-electron chi connectivity index (χ4n) is 2.90. The molecule has 0 amide bonds. The molecule has 0 fully saturated rings. The molecule has 2 aromatic rings. The van der Waals surface area contributed by atoms with Crippen molar-refractivity contribution in [1.82, 2.24) is 0 Å². The van der Waals surface area contributed by atoms with Crippen LogP contribution < -0.4 is 0 Å². The molecule has 2 aromatic carbocycles. The molecule has 27 heavy (non-hydrogen) atoms. The van der Waals surface area contributed by atoms with Crippen molar-refractivity contribution >= 4 is 11.1 Å². The van der Waals surface area contributed by atoms with Gasteiger partial charge in [0, 0.05) is 0 Å². The lowest BCUT2D eigenvalue weighted by Gasteiger charge is -2.25. The monoisotopic (exact) mass is 358 g/mol. The SMILES string of the molecule is C=C(C)c1ccccc1.C=C(CC(C(=C)C)C(C)C(=C)C)c1ccccc1. The van der Waals surface area contributed by atoms with Crippen LogP contribution in [0.15, 0.2) is 98.1 Å². The van der Waals surface area contributed by atoms with Gasteiger partial charge in [0.25, 0.3) is 0 Å². The Kier molecular flexibility index (Phi) is 9.30. The average molecular weight is 359 g/mol. The summed E-state index contributed by atoms with van der Waals surface area (Å²) in [4.78, 5) is 0. The van der Waals surface area contributed by atoms with Gasteiger partial charge in [0.1, 0.15) is 0 Å². The lowest BCUT2D eigenvalue weighted by molar-refractivity contribution is 0.476. The topological polar surface area (TPSA) is 0 Å². The van der Waals surface area contributed by atoms with E-state index in [1.807, 2.05) is 31.2 Å². The van der Waals surface area contributed by atoms with E-state index in [0.717, 1.165) is 12.0 Å². The Morgan fingerprint density at radius 3 is 1.48 bits per heavy atom. The minimum absolute atomic E-state index is 0.426. The normalized spacial score (nSPS) is 12.1. The standard InChI is InChI=1S/C18H24.C9H10/c1-13(2)16(6)18(14(3)4)12-15(5)17-10-8-7-9-11-17;1-8(2)9-6-4-3-5-7-9/h7-11,16,18H,1,3,5,12H2,2,4,6H3;3-7H,1H2,2H3. The van der Waals surface area contributed by atoms with Crippen LogP contribution in [0.2, 0.25) is 0 Å². The third-order valence-corrected chi connectivity index (χ3v) is 4.93. The summed E-state index contributed by atoms with van der Waals surface area (Å²) in [5.74, 6) is 0.873. The summed E-state index contributed by atoms with van der Waals surface area (Å²) in [5, 5.41) is 0. The molecule has 0 aliphatic carbocycles. The van der Waals surface area contributed by atoms with Crippen molar-refractivity contribution in [3.63, 3.8) is 0 Å². The van der Waals surface area contributed by atoms with E-state index in [2.05, 4.69) is 83.5 Å². The van der Waals surface area contributed by atoms with Crippen LogP contribution in [0.1, 0.15) is 45.2 Å². The lowest BCUT2D eigenvalue weighted by atomic mass is 9.79. The first-order valence-corrected chi connectivity index (χ1v) is 9.49. The van der Waals surface area contributed by atoms with Crippen molar-refractivity contribution in [2.75, 3.05) is 0 Å². The van der Waals surface area contributed by atoms with Crippen molar-refractivity contribution in [3.8, 4) is 0 Å². The highest BCUT2D eigenvalue weighted by Gasteiger charge is 2.19. The molecule has 0 radical (unpaired) electrons. The number of hydrogen-bond acceptors (Lipinski definition) is 0. The first-order chi connectivity index (χ1) is 12.7. The highest BCUT2D eigenvalue weighted by atomic mass is 14.2. The minimum atomic E-state index is 0.426. The van der Waals surface area contributed by atoms with Gasteiger partial charge in [0.2, 0.25) is 0 Å². The van der Waals surface area contributed by atoms with E-state index in [0.29, 0.717) is 11.8 Å². The summed E-state index contributed by atoms with van der Waals surface area (Å²) < 4.78 is 0. The first-order valence-electron chi connectivity index (χ1n) is 9.49. The van der Waals surface area contributed by atoms with Gasteiger partial charge in [-0.25, -0.2) is 0 Å². The number of allylic oxidation sites excluding steroid dienone is 4. The van der Waals surface area contributed by atoms with Crippen molar-refractivity contribution in [2.45, 2.75) is 34.1 Å². The predicted octanol–water partition coefficient (Wildman–Crippen LogP) is 8.21. The van der Waals surface area contributed by atoms with Gasteiger partial charge in [-0.2, -0.15) is 0 Å². The third kappa shape index (κ3) is 7.66. The molecule has 0 aliphatic rings. The maximum Gasteiger partial charge on any atom is -0.0105 e. The molecule has 0 aromatic heterocycles. The average Bonchev–Trinajstić information content (AvgIpc) is 2.67. The molecule has 142 valence electrons. The highest BCUT2D eigenvalue weighted by Crippen LogP contribution is 2.33. The van der Waals surface area contributed by atoms with Crippen LogP contribution in [-0.4, -0.2) is 0 Å². The molecule has 2 atom stereocenters. The molecule has 0 bridgehead atoms. The summed E-state index contributed by atoms with van der Waals surface area (Å²) >= 11 is 0. The molecule has 0 aliphatic heterocycles. The number of benzene rings is 2. The van der Waals surface area contributed by atoms with Crippen LogP contribution in [0.3, 0.4) is 0 Å². The van der Waals surface area contributed by atoms with Crippen LogP contribution in [0.5, 0.6) is 0 Å². The van der Waals surface area contributed by atoms with Crippen molar-refractivity contribution in [3.05, 3.63) is 109 Å². The molecule has 0 N–H and O–H groups in total. The maximum absolute atomic E-state index is 4.22. The van der Waals surface area contributed by atoms with Gasteiger partial charge in [0.05, 0.1) is 0 Å². The van der Waals surface area contributed by atoms with E-state index in [9.17, 15) is 0 Å². The first kappa shape index (κ1) is 22.4. The van der Waals surface area contributed by atoms with Gasteiger partial charge in [0.15, 0.2) is 0 Å². The van der Waals surface area contributed by atoms with Gasteiger partial charge in [-0.1, -0.05) is 111 Å². The zero-order valence-corrected chi connectivity index (χ0v) is 17.5. The zero-order valence-electron chi connectivity index (χ0n) is 17.5. The van der Waals surface area contributed by atoms with E-state index in [-0.39, 0.29) is 0 Å². The molecule has 2 unspecified atom stereocenters. The smallest absolute Gasteiger partial charge is 0.0105 e. The Morgan fingerprint density at radius 2 is 1.15 bits per heavy atom. The molecule has 0 heterocycles. The molecular formula is C27H34. The molecule has 2 rings (SSSR count). The minimum Gasteiger partial charge on any atom is -0.0998 e. The molecule has 0 heteroatoms. The predicted molar refractivity (Wildman–Crippen MR) is 124 cm³/mol. The molecule has 0 saturated heterocycles. The Bertz CT molecular complexity index is 762. The fraction of sp³-hybridized carbons (Fsp3) is 0.259. The van der Waals surface area contributed by atoms with Crippen LogP contribution in [-0.2, 0) is 0 Å². The van der Waals surface area contributed by atoms with Crippen molar-refractivity contribution in [1.29, 1.82) is 0 Å². The second kappa shape index (κ2) is 11.2. The van der Waals surface area contributed by atoms with Crippen LogP contribution in [0.4, 0.5) is 0 Å². The largest absolute Gasteiger partial charge is 0.0998 e. The van der Waals surface area contributed by atoms with Gasteiger partial charge < -0.3 is 0 Å². The zero-order chi connectivity index (χ0) is 20.4. The summed E-state index contributed by atoms with van der Waals surface area (Å²) in [6, 6.07) is 20.5. The quantitative estimate of drug-likeness (QED) is 0.437. The van der Waals surface area contributed by atoms with Crippen molar-refractivity contribution in [2.24, 2.45) is 11.8 Å². The second-order valence-electron chi connectivity index (χ2n) is 7.41. The van der Waals surface area contributed by atoms with Crippen LogP contribution in [0, 0.1) is 11.8 Å². The Balaban J connectivity index is 0.000000337. The molecule has 0 spiro atoms. The molecule has 0 saturated carbocycles. The summed E-state index contributed by atoms with van der Waals surface area (Å²) in [5.41, 5.74) is 7.16. The van der Waals surface area contributed by atoms with E-state index >= 15 is 0 Å². The van der Waals surface area contributed by atoms with Crippen LogP contribution >= 0.6 is 0 Å². The van der Waals surface area contributed by atoms with Crippen LogP contribution in [0.25, 0.3) is 11.1 Å². The van der Waals surface area contributed by atoms with E-state index in [1.165, 1.54) is 27.8 Å². The highest BCUT2D eigenvalue weighted by molar-refractivity contribution is 5.63. The fourth-order valence-corrected chi connectivity index (χ4v) is 2.90. The van der Waals surface area contributed by atoms with Gasteiger partial charge in [-0.05, 0) is 55.7 Å². The Morgan fingerprint density at radius 1 is 0.704 bits per heavy atom. The van der Waals surface area contributed by atoms with Crippen molar-refractivity contribution < 1.29 is 0 Å². The van der Waals surface area contributed by atoms with E-state index in [1.54, 1.807) is 0 Å². The second-order valence-corrected chi connectivity index (χ2v) is 7.41. The summed E-state index contributed by atoms with van der Waals surface area (Å²) in [7, 11) is 0.